The quantitative estimate of drug-likeness (QED) is 0.904. The van der Waals surface area contributed by atoms with E-state index in [1.165, 1.54) is 12.3 Å². The molecule has 2 aromatic rings. The summed E-state index contributed by atoms with van der Waals surface area (Å²) >= 11 is 0. The lowest BCUT2D eigenvalue weighted by molar-refractivity contribution is -0.0931. The highest BCUT2D eigenvalue weighted by molar-refractivity contribution is 6.03. The summed E-state index contributed by atoms with van der Waals surface area (Å²) in [5.74, 6) is -4.55. The maximum atomic E-state index is 14.2. The molecule has 0 radical (unpaired) electrons. The van der Waals surface area contributed by atoms with Crippen LogP contribution in [0.15, 0.2) is 23.1 Å². The van der Waals surface area contributed by atoms with Crippen molar-refractivity contribution in [3.05, 3.63) is 39.9 Å². The molecule has 128 valence electrons. The zero-order valence-corrected chi connectivity index (χ0v) is 13.3. The summed E-state index contributed by atoms with van der Waals surface area (Å²) in [5, 5.41) is 0.0998. The van der Waals surface area contributed by atoms with Crippen molar-refractivity contribution < 1.29 is 13.6 Å². The fourth-order valence-electron chi connectivity index (χ4n) is 3.61. The number of amides is 1. The van der Waals surface area contributed by atoms with Crippen LogP contribution in [0.1, 0.15) is 54.7 Å². The van der Waals surface area contributed by atoms with E-state index in [9.17, 15) is 18.4 Å². The number of H-pyrrole nitrogens is 1. The summed E-state index contributed by atoms with van der Waals surface area (Å²) in [7, 11) is 0. The monoisotopic (exact) mass is 335 g/mol. The molecule has 2 aromatic heterocycles. The summed E-state index contributed by atoms with van der Waals surface area (Å²) in [6.07, 6.45) is 2.56. The highest BCUT2D eigenvalue weighted by atomic mass is 19.3. The first-order chi connectivity index (χ1) is 11.3. The molecule has 5 nitrogen and oxygen atoms in total. The van der Waals surface area contributed by atoms with Gasteiger partial charge in [-0.2, -0.15) is 0 Å². The zero-order valence-electron chi connectivity index (χ0n) is 13.3. The fourth-order valence-corrected chi connectivity index (χ4v) is 3.61. The Labute approximate surface area is 137 Å². The summed E-state index contributed by atoms with van der Waals surface area (Å²) in [5.41, 5.74) is 5.57. The number of fused-ring (bicyclic) bond motifs is 1. The van der Waals surface area contributed by atoms with Crippen LogP contribution in [0.4, 0.5) is 8.78 Å². The van der Waals surface area contributed by atoms with Crippen LogP contribution in [0.3, 0.4) is 0 Å². The molecule has 0 aliphatic heterocycles. The molecule has 0 bridgehead atoms. The first kappa shape index (κ1) is 16.5. The second-order valence-corrected chi connectivity index (χ2v) is 6.38. The van der Waals surface area contributed by atoms with Crippen molar-refractivity contribution >= 4 is 16.8 Å². The molecule has 3 N–H and O–H groups in total. The third kappa shape index (κ3) is 2.79. The standard InChI is InChI=1S/C17H19F2N3O2/c1-2-10-4-3-9(8-17(10,18)19)12-7-13(23)14-11(22-12)5-6-21-15(14)16(20)24/h5-7,9-10H,2-4,8H2,1H3,(H2,20,24)(H,22,23)/t9-,10+/m0/s1. The number of primary amides is 1. The minimum Gasteiger partial charge on any atom is -0.364 e. The van der Waals surface area contributed by atoms with Crippen molar-refractivity contribution in [2.24, 2.45) is 11.7 Å². The Morgan fingerprint density at radius 1 is 1.46 bits per heavy atom. The van der Waals surface area contributed by atoms with Gasteiger partial charge in [0.2, 0.25) is 0 Å². The van der Waals surface area contributed by atoms with E-state index < -0.39 is 29.1 Å². The maximum absolute atomic E-state index is 14.2. The van der Waals surface area contributed by atoms with Gasteiger partial charge in [0.1, 0.15) is 5.69 Å². The largest absolute Gasteiger partial charge is 0.364 e. The number of hydrogen-bond acceptors (Lipinski definition) is 3. The number of alkyl halides is 2. The first-order valence-electron chi connectivity index (χ1n) is 8.03. The van der Waals surface area contributed by atoms with Gasteiger partial charge in [-0.25, -0.2) is 8.78 Å². The van der Waals surface area contributed by atoms with Gasteiger partial charge in [0.25, 0.3) is 11.8 Å². The van der Waals surface area contributed by atoms with Crippen molar-refractivity contribution in [2.75, 3.05) is 0 Å². The second-order valence-electron chi connectivity index (χ2n) is 6.38. The molecule has 0 spiro atoms. The molecular weight excluding hydrogens is 316 g/mol. The normalized spacial score (nSPS) is 23.3. The minimum absolute atomic E-state index is 0.0998. The summed E-state index contributed by atoms with van der Waals surface area (Å²) in [6, 6.07) is 2.84. The average molecular weight is 335 g/mol. The van der Waals surface area contributed by atoms with Crippen LogP contribution >= 0.6 is 0 Å². The number of hydrogen-bond donors (Lipinski definition) is 2. The summed E-state index contributed by atoms with van der Waals surface area (Å²) in [6.45, 7) is 1.77. The SMILES string of the molecule is CC[C@@H]1CC[C@H](c2cc(=O)c3c(C(N)=O)nccc3[nH]2)CC1(F)F. The topological polar surface area (TPSA) is 88.8 Å². The van der Waals surface area contributed by atoms with Gasteiger partial charge in [-0.1, -0.05) is 6.92 Å². The van der Waals surface area contributed by atoms with E-state index >= 15 is 0 Å². The summed E-state index contributed by atoms with van der Waals surface area (Å²) < 4.78 is 28.5. The number of carbonyl (C=O) groups is 1. The number of rotatable bonds is 3. The van der Waals surface area contributed by atoms with Gasteiger partial charge in [-0.3, -0.25) is 14.6 Å². The van der Waals surface area contributed by atoms with Crippen LogP contribution in [0.2, 0.25) is 0 Å². The lowest BCUT2D eigenvalue weighted by atomic mass is 9.76. The van der Waals surface area contributed by atoms with Crippen molar-refractivity contribution in [3.8, 4) is 0 Å². The molecule has 1 fully saturated rings. The number of aromatic nitrogens is 2. The smallest absolute Gasteiger partial charge is 0.268 e. The molecule has 0 aromatic carbocycles. The number of aromatic amines is 1. The van der Waals surface area contributed by atoms with Crippen molar-refractivity contribution in [2.45, 2.75) is 44.4 Å². The van der Waals surface area contributed by atoms with Gasteiger partial charge in [0.05, 0.1) is 10.9 Å². The van der Waals surface area contributed by atoms with Gasteiger partial charge >= 0.3 is 0 Å². The zero-order chi connectivity index (χ0) is 17.5. The lowest BCUT2D eigenvalue weighted by Gasteiger charge is -2.35. The van der Waals surface area contributed by atoms with Gasteiger partial charge in [0.15, 0.2) is 5.43 Å². The van der Waals surface area contributed by atoms with Crippen molar-refractivity contribution in [3.63, 3.8) is 0 Å². The molecule has 0 unspecified atom stereocenters. The average Bonchev–Trinajstić information content (AvgIpc) is 2.53. The molecule has 1 aliphatic carbocycles. The number of nitrogens with one attached hydrogen (secondary N) is 1. The Bertz CT molecular complexity index is 847. The van der Waals surface area contributed by atoms with Crippen LogP contribution in [-0.4, -0.2) is 21.8 Å². The molecule has 3 rings (SSSR count). The van der Waals surface area contributed by atoms with E-state index in [1.807, 2.05) is 0 Å². The third-order valence-corrected chi connectivity index (χ3v) is 4.91. The third-order valence-electron chi connectivity index (χ3n) is 4.91. The predicted molar refractivity (Wildman–Crippen MR) is 86.2 cm³/mol. The number of carbonyl (C=O) groups excluding carboxylic acids is 1. The highest BCUT2D eigenvalue weighted by Crippen LogP contribution is 2.46. The van der Waals surface area contributed by atoms with E-state index in [-0.39, 0.29) is 17.5 Å². The molecule has 1 aliphatic rings. The van der Waals surface area contributed by atoms with E-state index in [1.54, 1.807) is 13.0 Å². The van der Waals surface area contributed by atoms with Crippen LogP contribution in [-0.2, 0) is 0 Å². The number of halogens is 2. The Morgan fingerprint density at radius 3 is 2.83 bits per heavy atom. The molecule has 7 heteroatoms. The van der Waals surface area contributed by atoms with E-state index in [2.05, 4.69) is 9.97 Å². The van der Waals surface area contributed by atoms with E-state index in [0.717, 1.165) is 0 Å². The highest BCUT2D eigenvalue weighted by Gasteiger charge is 2.44. The second kappa shape index (κ2) is 5.96. The van der Waals surface area contributed by atoms with Crippen molar-refractivity contribution in [1.82, 2.24) is 9.97 Å². The van der Waals surface area contributed by atoms with Crippen LogP contribution in [0.25, 0.3) is 10.9 Å². The van der Waals surface area contributed by atoms with Gasteiger partial charge in [0, 0.05) is 36.2 Å². The molecule has 1 amide bonds. The number of nitrogens with two attached hydrogens (primary N) is 1. The predicted octanol–water partition coefficient (Wildman–Crippen LogP) is 2.95. The first-order valence-corrected chi connectivity index (χ1v) is 8.03. The van der Waals surface area contributed by atoms with Gasteiger partial charge in [-0.15, -0.1) is 0 Å². The molecule has 0 saturated heterocycles. The lowest BCUT2D eigenvalue weighted by Crippen LogP contribution is -2.35. The molecule has 2 atom stereocenters. The van der Waals surface area contributed by atoms with E-state index in [4.69, 9.17) is 5.73 Å². The Hall–Kier alpha value is -2.31. The van der Waals surface area contributed by atoms with Crippen LogP contribution in [0.5, 0.6) is 0 Å². The van der Waals surface area contributed by atoms with Crippen molar-refractivity contribution in [1.29, 1.82) is 0 Å². The van der Waals surface area contributed by atoms with Gasteiger partial charge in [-0.05, 0) is 25.3 Å². The Morgan fingerprint density at radius 2 is 2.21 bits per heavy atom. The Balaban J connectivity index is 2.03. The van der Waals surface area contributed by atoms with E-state index in [0.29, 0.717) is 30.5 Å². The molecule has 24 heavy (non-hydrogen) atoms. The van der Waals surface area contributed by atoms with Gasteiger partial charge < -0.3 is 10.7 Å². The molecule has 1 saturated carbocycles. The summed E-state index contributed by atoms with van der Waals surface area (Å²) in [4.78, 5) is 30.7. The maximum Gasteiger partial charge on any atom is 0.268 e. The van der Waals surface area contributed by atoms with Crippen LogP contribution in [0, 0.1) is 5.92 Å². The minimum atomic E-state index is -2.74. The number of pyridine rings is 2. The molecule has 2 heterocycles. The molecular formula is C17H19F2N3O2. The van der Waals surface area contributed by atoms with Crippen LogP contribution < -0.4 is 11.2 Å². The Kier molecular flexibility index (Phi) is 4.11. The number of nitrogens with zero attached hydrogens (tertiary/aromatic N) is 1. The fraction of sp³-hybridized carbons (Fsp3) is 0.471.